The molecule has 1 aliphatic rings. The molecule has 0 spiro atoms. The van der Waals surface area contributed by atoms with E-state index in [0.717, 1.165) is 0 Å². The zero-order chi connectivity index (χ0) is 8.48. The molecule has 0 amide bonds. The molecule has 1 unspecified atom stereocenters. The zero-order valence-corrected chi connectivity index (χ0v) is 6.80. The summed E-state index contributed by atoms with van der Waals surface area (Å²) in [4.78, 5) is 16.0. The van der Waals surface area contributed by atoms with Crippen molar-refractivity contribution in [3.8, 4) is 0 Å². The Morgan fingerprint density at radius 1 is 1.82 bits per heavy atom. The minimum absolute atomic E-state index is 0.352. The molecule has 0 bridgehead atoms. The fraction of sp³-hybridized carbons (Fsp3) is 0.571. The predicted molar refractivity (Wildman–Crippen MR) is 38.4 cm³/mol. The average Bonchev–Trinajstić information content (AvgIpc) is 2.31. The van der Waals surface area contributed by atoms with Crippen LogP contribution in [0.2, 0.25) is 0 Å². The Hall–Kier alpha value is -1.03. The minimum atomic E-state index is -0.821. The number of carbonyl (C=O) groups excluding carboxylic acids is 1. The summed E-state index contributed by atoms with van der Waals surface area (Å²) in [6.07, 6.45) is 1.68. The standard InChI is InChI=1S/C7H11NO3/c1-5-4-7(2,8-11-5)6(9)10-3/h4,8H,1-3H3. The molecule has 0 aliphatic carbocycles. The van der Waals surface area contributed by atoms with Crippen molar-refractivity contribution in [2.75, 3.05) is 7.11 Å². The smallest absolute Gasteiger partial charge is 0.333 e. The number of ether oxygens (including phenoxy) is 1. The third kappa shape index (κ3) is 1.35. The number of nitrogens with one attached hydrogen (secondary N) is 1. The van der Waals surface area contributed by atoms with Gasteiger partial charge in [-0.15, -0.1) is 5.48 Å². The fourth-order valence-corrected chi connectivity index (χ4v) is 0.965. The first-order chi connectivity index (χ1) is 5.08. The Balaban J connectivity index is 2.77. The van der Waals surface area contributed by atoms with Crippen LogP contribution in [0.15, 0.2) is 11.8 Å². The second-order valence-electron chi connectivity index (χ2n) is 2.65. The number of esters is 1. The van der Waals surface area contributed by atoms with Gasteiger partial charge in [-0.1, -0.05) is 0 Å². The first-order valence-corrected chi connectivity index (χ1v) is 3.30. The van der Waals surface area contributed by atoms with Crippen molar-refractivity contribution in [2.24, 2.45) is 0 Å². The molecule has 1 rings (SSSR count). The summed E-state index contributed by atoms with van der Waals surface area (Å²) < 4.78 is 4.56. The normalized spacial score (nSPS) is 29.2. The molecule has 0 aromatic rings. The van der Waals surface area contributed by atoms with Gasteiger partial charge in [0.05, 0.1) is 7.11 Å². The molecule has 62 valence electrons. The molecule has 1 atom stereocenters. The van der Waals surface area contributed by atoms with Gasteiger partial charge in [0.2, 0.25) is 0 Å². The summed E-state index contributed by atoms with van der Waals surface area (Å²) >= 11 is 0. The molecule has 0 saturated carbocycles. The van der Waals surface area contributed by atoms with Gasteiger partial charge in [-0.05, 0) is 19.9 Å². The Morgan fingerprint density at radius 3 is 2.82 bits per heavy atom. The van der Waals surface area contributed by atoms with Gasteiger partial charge in [0.25, 0.3) is 0 Å². The SMILES string of the molecule is COC(=O)C1(C)C=C(C)ON1. The van der Waals surface area contributed by atoms with E-state index in [1.807, 2.05) is 0 Å². The fourth-order valence-electron chi connectivity index (χ4n) is 0.965. The molecular formula is C7H11NO3. The van der Waals surface area contributed by atoms with Crippen molar-refractivity contribution in [3.63, 3.8) is 0 Å². The van der Waals surface area contributed by atoms with Gasteiger partial charge < -0.3 is 9.57 Å². The first-order valence-electron chi connectivity index (χ1n) is 3.30. The van der Waals surface area contributed by atoms with Crippen LogP contribution in [0.25, 0.3) is 0 Å². The first kappa shape index (κ1) is 8.07. The lowest BCUT2D eigenvalue weighted by Crippen LogP contribution is -2.44. The van der Waals surface area contributed by atoms with Gasteiger partial charge in [-0.3, -0.25) is 0 Å². The van der Waals surface area contributed by atoms with E-state index in [1.165, 1.54) is 7.11 Å². The zero-order valence-electron chi connectivity index (χ0n) is 6.80. The van der Waals surface area contributed by atoms with Gasteiger partial charge in [0, 0.05) is 0 Å². The summed E-state index contributed by atoms with van der Waals surface area (Å²) in [5, 5.41) is 0. The number of allylic oxidation sites excluding steroid dienone is 1. The Bertz CT molecular complexity index is 212. The summed E-state index contributed by atoms with van der Waals surface area (Å²) in [7, 11) is 1.34. The van der Waals surface area contributed by atoms with E-state index in [0.29, 0.717) is 5.76 Å². The highest BCUT2D eigenvalue weighted by Gasteiger charge is 2.37. The molecule has 0 aromatic heterocycles. The third-order valence-electron chi connectivity index (χ3n) is 1.53. The Labute approximate surface area is 65.1 Å². The van der Waals surface area contributed by atoms with Crippen molar-refractivity contribution in [1.82, 2.24) is 5.48 Å². The van der Waals surface area contributed by atoms with Crippen LogP contribution in [-0.2, 0) is 14.4 Å². The predicted octanol–water partition coefficient (Wildman–Crippen LogP) is 0.357. The van der Waals surface area contributed by atoms with Crippen molar-refractivity contribution in [3.05, 3.63) is 11.8 Å². The van der Waals surface area contributed by atoms with Gasteiger partial charge in [0.15, 0.2) is 5.54 Å². The molecule has 1 aliphatic heterocycles. The van der Waals surface area contributed by atoms with Crippen molar-refractivity contribution in [1.29, 1.82) is 0 Å². The summed E-state index contributed by atoms with van der Waals surface area (Å²) in [6.45, 7) is 3.45. The van der Waals surface area contributed by atoms with Gasteiger partial charge in [-0.2, -0.15) is 0 Å². The lowest BCUT2D eigenvalue weighted by molar-refractivity contribution is -0.148. The Kier molecular flexibility index (Phi) is 1.87. The maximum Gasteiger partial charge on any atom is 0.333 e. The number of carbonyl (C=O) groups is 1. The van der Waals surface area contributed by atoms with Gasteiger partial charge in [0.1, 0.15) is 5.76 Å². The van der Waals surface area contributed by atoms with E-state index < -0.39 is 5.54 Å². The van der Waals surface area contributed by atoms with E-state index >= 15 is 0 Å². The van der Waals surface area contributed by atoms with Gasteiger partial charge in [-0.25, -0.2) is 4.79 Å². The topological polar surface area (TPSA) is 47.6 Å². The highest BCUT2D eigenvalue weighted by Crippen LogP contribution is 2.18. The molecule has 0 fully saturated rings. The van der Waals surface area contributed by atoms with E-state index in [-0.39, 0.29) is 5.97 Å². The Morgan fingerprint density at radius 2 is 2.45 bits per heavy atom. The van der Waals surface area contributed by atoms with Crippen LogP contribution in [-0.4, -0.2) is 18.6 Å². The molecule has 0 radical (unpaired) electrons. The number of hydrogen-bond donors (Lipinski definition) is 1. The molecule has 1 N–H and O–H groups in total. The van der Waals surface area contributed by atoms with Crippen molar-refractivity contribution >= 4 is 5.97 Å². The maximum atomic E-state index is 11.1. The number of methoxy groups -OCH3 is 1. The molecule has 1 heterocycles. The summed E-state index contributed by atoms with van der Waals surface area (Å²) in [5.41, 5.74) is 1.75. The number of rotatable bonds is 1. The number of hydroxylamine groups is 1. The summed E-state index contributed by atoms with van der Waals surface area (Å²) in [5.74, 6) is 0.326. The van der Waals surface area contributed by atoms with Crippen molar-refractivity contribution < 1.29 is 14.4 Å². The van der Waals surface area contributed by atoms with E-state index in [1.54, 1.807) is 19.9 Å². The number of hydrogen-bond acceptors (Lipinski definition) is 4. The third-order valence-corrected chi connectivity index (χ3v) is 1.53. The van der Waals surface area contributed by atoms with Crippen LogP contribution in [0.3, 0.4) is 0 Å². The second kappa shape index (κ2) is 2.54. The minimum Gasteiger partial charge on any atom is -0.467 e. The van der Waals surface area contributed by atoms with Crippen LogP contribution in [0, 0.1) is 0 Å². The monoisotopic (exact) mass is 157 g/mol. The van der Waals surface area contributed by atoms with Crippen LogP contribution < -0.4 is 5.48 Å². The molecule has 0 saturated heterocycles. The summed E-state index contributed by atoms with van der Waals surface area (Å²) in [6, 6.07) is 0. The maximum absolute atomic E-state index is 11.1. The van der Waals surface area contributed by atoms with E-state index in [2.05, 4.69) is 10.2 Å². The molecule has 0 aromatic carbocycles. The van der Waals surface area contributed by atoms with Crippen LogP contribution in [0.1, 0.15) is 13.8 Å². The van der Waals surface area contributed by atoms with Crippen LogP contribution in [0.4, 0.5) is 0 Å². The highest BCUT2D eigenvalue weighted by atomic mass is 16.7. The van der Waals surface area contributed by atoms with Crippen molar-refractivity contribution in [2.45, 2.75) is 19.4 Å². The van der Waals surface area contributed by atoms with E-state index in [9.17, 15) is 4.79 Å². The second-order valence-corrected chi connectivity index (χ2v) is 2.65. The van der Waals surface area contributed by atoms with Crippen LogP contribution >= 0.6 is 0 Å². The van der Waals surface area contributed by atoms with Gasteiger partial charge >= 0.3 is 5.97 Å². The molecule has 4 nitrogen and oxygen atoms in total. The van der Waals surface area contributed by atoms with E-state index in [4.69, 9.17) is 4.84 Å². The molecule has 11 heavy (non-hydrogen) atoms. The lowest BCUT2D eigenvalue weighted by Gasteiger charge is -2.16. The lowest BCUT2D eigenvalue weighted by atomic mass is 10.0. The molecular weight excluding hydrogens is 146 g/mol. The molecule has 4 heteroatoms. The average molecular weight is 157 g/mol. The van der Waals surface area contributed by atoms with Crippen LogP contribution in [0.5, 0.6) is 0 Å². The highest BCUT2D eigenvalue weighted by molar-refractivity contribution is 5.83. The largest absolute Gasteiger partial charge is 0.467 e. The quantitative estimate of drug-likeness (QED) is 0.558.